The Balaban J connectivity index is 0.00000289. The van der Waals surface area contributed by atoms with Crippen LogP contribution in [0.15, 0.2) is 24.3 Å². The lowest BCUT2D eigenvalue weighted by Crippen LogP contribution is -2.25. The minimum Gasteiger partial charge on any atom is -0.356 e. The third kappa shape index (κ3) is 7.30. The quantitative estimate of drug-likeness (QED) is 0.747. The molecule has 0 unspecified atom stereocenters. The van der Waals surface area contributed by atoms with Gasteiger partial charge < -0.3 is 11.1 Å². The van der Waals surface area contributed by atoms with Gasteiger partial charge in [0.25, 0.3) is 0 Å². The lowest BCUT2D eigenvalue weighted by molar-refractivity contribution is -0.121. The maximum atomic E-state index is 11.4. The fourth-order valence-electron chi connectivity index (χ4n) is 1.63. The van der Waals surface area contributed by atoms with Crippen LogP contribution in [0.2, 0.25) is 0 Å². The van der Waals surface area contributed by atoms with Crippen LogP contribution in [0.1, 0.15) is 30.4 Å². The van der Waals surface area contributed by atoms with Gasteiger partial charge in [0.2, 0.25) is 5.91 Å². The van der Waals surface area contributed by atoms with Crippen molar-refractivity contribution in [1.82, 2.24) is 5.32 Å². The van der Waals surface area contributed by atoms with Gasteiger partial charge in [0.05, 0.1) is 0 Å². The third-order valence-electron chi connectivity index (χ3n) is 2.69. The van der Waals surface area contributed by atoms with Gasteiger partial charge in [-0.1, -0.05) is 29.8 Å². The first-order chi connectivity index (χ1) is 8.22. The number of nitrogens with two attached hydrogens (primary N) is 1. The van der Waals surface area contributed by atoms with Gasteiger partial charge in [-0.05, 0) is 38.3 Å². The molecule has 0 fully saturated rings. The Kier molecular flexibility index (Phi) is 9.33. The fraction of sp³-hybridized carbons (Fsp3) is 0.500. The van der Waals surface area contributed by atoms with Gasteiger partial charge in [0, 0.05) is 13.0 Å². The molecule has 0 radical (unpaired) electrons. The van der Waals surface area contributed by atoms with Gasteiger partial charge in [-0.2, -0.15) is 0 Å². The van der Waals surface area contributed by atoms with Crippen LogP contribution < -0.4 is 11.1 Å². The molecule has 4 heteroatoms. The van der Waals surface area contributed by atoms with Crippen molar-refractivity contribution in [3.05, 3.63) is 35.4 Å². The summed E-state index contributed by atoms with van der Waals surface area (Å²) in [5.41, 5.74) is 7.92. The summed E-state index contributed by atoms with van der Waals surface area (Å²) in [6, 6.07) is 8.47. The van der Waals surface area contributed by atoms with Crippen molar-refractivity contribution in [3.8, 4) is 0 Å². The molecule has 0 aliphatic heterocycles. The van der Waals surface area contributed by atoms with Gasteiger partial charge in [0.15, 0.2) is 0 Å². The molecule has 1 aromatic carbocycles. The largest absolute Gasteiger partial charge is 0.356 e. The van der Waals surface area contributed by atoms with Crippen LogP contribution in [-0.2, 0) is 11.2 Å². The molecule has 0 spiro atoms. The number of hydrogen-bond acceptors (Lipinski definition) is 2. The number of carbonyl (C=O) groups excluding carboxylic acids is 1. The van der Waals surface area contributed by atoms with Crippen LogP contribution in [0.3, 0.4) is 0 Å². The van der Waals surface area contributed by atoms with E-state index in [0.717, 1.165) is 19.3 Å². The average molecular weight is 271 g/mol. The van der Waals surface area contributed by atoms with E-state index in [1.165, 1.54) is 11.1 Å². The molecule has 0 heterocycles. The molecular weight excluding hydrogens is 248 g/mol. The second kappa shape index (κ2) is 9.92. The Morgan fingerprint density at radius 2 is 1.89 bits per heavy atom. The van der Waals surface area contributed by atoms with E-state index in [4.69, 9.17) is 5.73 Å². The second-order valence-corrected chi connectivity index (χ2v) is 4.33. The SMILES string of the molecule is Cc1ccc(CCCC(=O)NCCCN)cc1.Cl. The van der Waals surface area contributed by atoms with E-state index in [1.807, 2.05) is 0 Å². The number of nitrogens with one attached hydrogen (secondary N) is 1. The van der Waals surface area contributed by atoms with E-state index in [0.29, 0.717) is 19.5 Å². The van der Waals surface area contributed by atoms with Crippen LogP contribution >= 0.6 is 12.4 Å². The monoisotopic (exact) mass is 270 g/mol. The van der Waals surface area contributed by atoms with Crippen molar-refractivity contribution in [2.24, 2.45) is 5.73 Å². The molecule has 0 atom stereocenters. The number of benzene rings is 1. The number of rotatable bonds is 7. The zero-order valence-electron chi connectivity index (χ0n) is 10.9. The van der Waals surface area contributed by atoms with Crippen molar-refractivity contribution < 1.29 is 4.79 Å². The number of halogens is 1. The summed E-state index contributed by atoms with van der Waals surface area (Å²) in [5, 5.41) is 2.86. The second-order valence-electron chi connectivity index (χ2n) is 4.33. The molecule has 0 aliphatic rings. The van der Waals surface area contributed by atoms with Gasteiger partial charge in [0.1, 0.15) is 0 Å². The van der Waals surface area contributed by atoms with Crippen molar-refractivity contribution in [3.63, 3.8) is 0 Å². The first kappa shape index (κ1) is 16.9. The van der Waals surface area contributed by atoms with Crippen molar-refractivity contribution in [2.45, 2.75) is 32.6 Å². The van der Waals surface area contributed by atoms with E-state index in [-0.39, 0.29) is 18.3 Å². The van der Waals surface area contributed by atoms with Crippen LogP contribution in [0, 0.1) is 6.92 Å². The lowest BCUT2D eigenvalue weighted by Gasteiger charge is -2.04. The number of hydrogen-bond donors (Lipinski definition) is 2. The van der Waals surface area contributed by atoms with E-state index in [1.54, 1.807) is 0 Å². The summed E-state index contributed by atoms with van der Waals surface area (Å²) in [6.07, 6.45) is 3.31. The van der Waals surface area contributed by atoms with E-state index in [9.17, 15) is 4.79 Å². The first-order valence-corrected chi connectivity index (χ1v) is 6.24. The molecule has 3 nitrogen and oxygen atoms in total. The highest BCUT2D eigenvalue weighted by Crippen LogP contribution is 2.07. The molecule has 1 rings (SSSR count). The summed E-state index contributed by atoms with van der Waals surface area (Å²) >= 11 is 0. The van der Waals surface area contributed by atoms with E-state index >= 15 is 0 Å². The topological polar surface area (TPSA) is 55.1 Å². The normalized spacial score (nSPS) is 9.67. The molecule has 0 aromatic heterocycles. The molecular formula is C14H23ClN2O. The molecule has 0 saturated heterocycles. The zero-order valence-corrected chi connectivity index (χ0v) is 11.8. The molecule has 0 aliphatic carbocycles. The van der Waals surface area contributed by atoms with Gasteiger partial charge >= 0.3 is 0 Å². The Morgan fingerprint density at radius 3 is 2.50 bits per heavy atom. The van der Waals surface area contributed by atoms with Gasteiger partial charge in [-0.15, -0.1) is 12.4 Å². The third-order valence-corrected chi connectivity index (χ3v) is 2.69. The van der Waals surface area contributed by atoms with Crippen LogP contribution in [-0.4, -0.2) is 19.0 Å². The highest BCUT2D eigenvalue weighted by molar-refractivity contribution is 5.85. The standard InChI is InChI=1S/C14H22N2O.ClH/c1-12-6-8-13(9-7-12)4-2-5-14(17)16-11-3-10-15;/h6-9H,2-5,10-11,15H2,1H3,(H,16,17);1H. The Bertz CT molecular complexity index is 338. The molecule has 1 aromatic rings. The van der Waals surface area contributed by atoms with Crippen molar-refractivity contribution in [2.75, 3.05) is 13.1 Å². The molecule has 102 valence electrons. The smallest absolute Gasteiger partial charge is 0.220 e. The van der Waals surface area contributed by atoms with Crippen LogP contribution in [0.4, 0.5) is 0 Å². The summed E-state index contributed by atoms with van der Waals surface area (Å²) in [4.78, 5) is 11.4. The highest BCUT2D eigenvalue weighted by atomic mass is 35.5. The number of aryl methyl sites for hydroxylation is 2. The average Bonchev–Trinajstić information content (AvgIpc) is 2.32. The van der Waals surface area contributed by atoms with Crippen molar-refractivity contribution >= 4 is 18.3 Å². The zero-order chi connectivity index (χ0) is 12.5. The molecule has 0 bridgehead atoms. The highest BCUT2D eigenvalue weighted by Gasteiger charge is 2.00. The van der Waals surface area contributed by atoms with Crippen LogP contribution in [0.25, 0.3) is 0 Å². The van der Waals surface area contributed by atoms with Gasteiger partial charge in [-0.25, -0.2) is 0 Å². The number of carbonyl (C=O) groups is 1. The summed E-state index contributed by atoms with van der Waals surface area (Å²) in [7, 11) is 0. The number of amides is 1. The fourth-order valence-corrected chi connectivity index (χ4v) is 1.63. The summed E-state index contributed by atoms with van der Waals surface area (Å²) in [6.45, 7) is 3.40. The lowest BCUT2D eigenvalue weighted by atomic mass is 10.1. The van der Waals surface area contributed by atoms with E-state index < -0.39 is 0 Å². The summed E-state index contributed by atoms with van der Waals surface area (Å²) < 4.78 is 0. The minimum absolute atomic E-state index is 0. The summed E-state index contributed by atoms with van der Waals surface area (Å²) in [5.74, 6) is 0.130. The predicted molar refractivity (Wildman–Crippen MR) is 78.0 cm³/mol. The predicted octanol–water partition coefficient (Wildman–Crippen LogP) is 2.20. The molecule has 0 saturated carbocycles. The molecule has 18 heavy (non-hydrogen) atoms. The maximum absolute atomic E-state index is 11.4. The molecule has 1 amide bonds. The maximum Gasteiger partial charge on any atom is 0.220 e. The molecule has 3 N–H and O–H groups in total. The Hall–Kier alpha value is -1.06. The van der Waals surface area contributed by atoms with Crippen LogP contribution in [0.5, 0.6) is 0 Å². The Morgan fingerprint density at radius 1 is 1.22 bits per heavy atom. The van der Waals surface area contributed by atoms with E-state index in [2.05, 4.69) is 36.5 Å². The Labute approximate surface area is 116 Å². The minimum atomic E-state index is 0. The van der Waals surface area contributed by atoms with Crippen molar-refractivity contribution in [1.29, 1.82) is 0 Å². The first-order valence-electron chi connectivity index (χ1n) is 6.24. The van der Waals surface area contributed by atoms with Gasteiger partial charge in [-0.3, -0.25) is 4.79 Å².